The minimum Gasteiger partial charge on any atom is -0.486 e. The van der Waals surface area contributed by atoms with Gasteiger partial charge in [0.25, 0.3) is 5.91 Å². The number of hydrogen-bond acceptors (Lipinski definition) is 7. The van der Waals surface area contributed by atoms with E-state index in [-0.39, 0.29) is 24.9 Å². The van der Waals surface area contributed by atoms with E-state index >= 15 is 0 Å². The van der Waals surface area contributed by atoms with E-state index in [9.17, 15) is 9.59 Å². The van der Waals surface area contributed by atoms with Gasteiger partial charge in [0, 0.05) is 29.5 Å². The van der Waals surface area contributed by atoms with Crippen molar-refractivity contribution in [3.05, 3.63) is 45.4 Å². The first-order valence-electron chi connectivity index (χ1n) is 11.0. The number of nitrogens with zero attached hydrogens (tertiary/aromatic N) is 3. The van der Waals surface area contributed by atoms with Crippen molar-refractivity contribution in [2.75, 3.05) is 32.8 Å². The fourth-order valence-corrected chi connectivity index (χ4v) is 4.63. The van der Waals surface area contributed by atoms with E-state index in [4.69, 9.17) is 21.1 Å². The highest BCUT2D eigenvalue weighted by Gasteiger charge is 2.28. The summed E-state index contributed by atoms with van der Waals surface area (Å²) in [6.45, 7) is 7.42. The molecule has 0 spiro atoms. The van der Waals surface area contributed by atoms with Crippen molar-refractivity contribution in [1.82, 2.24) is 14.8 Å². The van der Waals surface area contributed by atoms with Gasteiger partial charge in [0.15, 0.2) is 0 Å². The second-order valence-electron chi connectivity index (χ2n) is 7.60. The molecule has 1 aliphatic heterocycles. The van der Waals surface area contributed by atoms with Crippen LogP contribution in [0.3, 0.4) is 0 Å². The molecule has 3 rings (SSSR count). The topological polar surface area (TPSA) is 72.0 Å². The zero-order chi connectivity index (χ0) is 22.9. The van der Waals surface area contributed by atoms with Gasteiger partial charge in [-0.1, -0.05) is 18.5 Å². The molecule has 174 valence electrons. The molecule has 1 fully saturated rings. The Labute approximate surface area is 198 Å². The minimum absolute atomic E-state index is 0.161. The number of hydrogen-bond donors (Lipinski definition) is 0. The van der Waals surface area contributed by atoms with E-state index in [2.05, 4.69) is 16.8 Å². The summed E-state index contributed by atoms with van der Waals surface area (Å²) in [6.07, 6.45) is 2.35. The monoisotopic (exact) mass is 479 g/mol. The van der Waals surface area contributed by atoms with Crippen molar-refractivity contribution in [2.24, 2.45) is 0 Å². The molecule has 1 atom stereocenters. The van der Waals surface area contributed by atoms with Crippen LogP contribution in [0.25, 0.3) is 0 Å². The van der Waals surface area contributed by atoms with Crippen LogP contribution in [0.15, 0.2) is 29.6 Å². The summed E-state index contributed by atoms with van der Waals surface area (Å²) in [7, 11) is 0. The first kappa shape index (κ1) is 24.5. The number of amides is 1. The molecular formula is C23H30ClN3O4S. The number of likely N-dealkylation sites (N-methyl/N-ethyl adjacent to an activating group) is 1. The van der Waals surface area contributed by atoms with Crippen molar-refractivity contribution < 1.29 is 19.1 Å². The van der Waals surface area contributed by atoms with Crippen molar-refractivity contribution >= 4 is 34.8 Å². The number of ether oxygens (including phenoxy) is 2. The number of benzene rings is 1. The standard InChI is InChI=1S/C23H30ClN3O4S/c1-3-26-12-5-6-18(26)14-27(13-11-22(28)30-4-2)23(29)20-16-32-21(25-20)15-31-19-9-7-17(24)8-10-19/h7-10,16,18H,3-6,11-15H2,1-2H3. The lowest BCUT2D eigenvalue weighted by Gasteiger charge is -2.29. The zero-order valence-electron chi connectivity index (χ0n) is 18.6. The van der Waals surface area contributed by atoms with Gasteiger partial charge in [-0.05, 0) is 57.1 Å². The number of likely N-dealkylation sites (tertiary alicyclic amines) is 1. The SMILES string of the molecule is CCOC(=O)CCN(CC1CCCN1CC)C(=O)c1csc(COc2ccc(Cl)cc2)n1. The largest absolute Gasteiger partial charge is 0.486 e. The quantitative estimate of drug-likeness (QED) is 0.448. The molecule has 1 saturated heterocycles. The Bertz CT molecular complexity index is 890. The van der Waals surface area contributed by atoms with Gasteiger partial charge >= 0.3 is 5.97 Å². The molecule has 1 amide bonds. The maximum absolute atomic E-state index is 13.3. The Balaban J connectivity index is 1.64. The van der Waals surface area contributed by atoms with Crippen molar-refractivity contribution in [3.63, 3.8) is 0 Å². The number of thiazole rings is 1. The second kappa shape index (κ2) is 12.2. The fourth-order valence-electron chi connectivity index (χ4n) is 3.82. The summed E-state index contributed by atoms with van der Waals surface area (Å²) in [6, 6.07) is 7.41. The van der Waals surface area contributed by atoms with Gasteiger partial charge in [0.2, 0.25) is 0 Å². The van der Waals surface area contributed by atoms with Crippen LogP contribution < -0.4 is 4.74 Å². The molecule has 1 aromatic heterocycles. The van der Waals surface area contributed by atoms with E-state index in [1.807, 2.05) is 0 Å². The zero-order valence-corrected chi connectivity index (χ0v) is 20.2. The predicted molar refractivity (Wildman–Crippen MR) is 125 cm³/mol. The smallest absolute Gasteiger partial charge is 0.307 e. The first-order chi connectivity index (χ1) is 15.5. The highest BCUT2D eigenvalue weighted by atomic mass is 35.5. The lowest BCUT2D eigenvalue weighted by atomic mass is 10.2. The molecule has 2 aromatic rings. The summed E-state index contributed by atoms with van der Waals surface area (Å²) >= 11 is 7.28. The van der Waals surface area contributed by atoms with Gasteiger partial charge in [0.1, 0.15) is 23.1 Å². The van der Waals surface area contributed by atoms with Crippen molar-refractivity contribution in [3.8, 4) is 5.75 Å². The first-order valence-corrected chi connectivity index (χ1v) is 12.3. The molecule has 0 bridgehead atoms. The normalized spacial score (nSPS) is 16.2. The summed E-state index contributed by atoms with van der Waals surface area (Å²) in [5, 5.41) is 3.11. The summed E-state index contributed by atoms with van der Waals surface area (Å²) < 4.78 is 10.8. The van der Waals surface area contributed by atoms with E-state index in [0.717, 1.165) is 25.9 Å². The molecular weight excluding hydrogens is 450 g/mol. The molecule has 0 aliphatic carbocycles. The number of aromatic nitrogens is 1. The molecule has 9 heteroatoms. The van der Waals surface area contributed by atoms with E-state index in [1.54, 1.807) is 41.5 Å². The van der Waals surface area contributed by atoms with Gasteiger partial charge in [-0.3, -0.25) is 14.5 Å². The Morgan fingerprint density at radius 1 is 1.28 bits per heavy atom. The number of esters is 1. The summed E-state index contributed by atoms with van der Waals surface area (Å²) in [5.41, 5.74) is 0.384. The van der Waals surface area contributed by atoms with Crippen LogP contribution in [0, 0.1) is 0 Å². The van der Waals surface area contributed by atoms with Gasteiger partial charge in [0.05, 0.1) is 13.0 Å². The van der Waals surface area contributed by atoms with Crippen LogP contribution in [-0.4, -0.2) is 65.5 Å². The molecule has 1 aromatic carbocycles. The molecule has 0 radical (unpaired) electrons. The van der Waals surface area contributed by atoms with Crippen molar-refractivity contribution in [2.45, 2.75) is 45.8 Å². The van der Waals surface area contributed by atoms with Crippen LogP contribution in [0.4, 0.5) is 0 Å². The lowest BCUT2D eigenvalue weighted by Crippen LogP contribution is -2.44. The maximum Gasteiger partial charge on any atom is 0.307 e. The molecule has 32 heavy (non-hydrogen) atoms. The number of carbonyl (C=O) groups is 2. The highest BCUT2D eigenvalue weighted by Crippen LogP contribution is 2.21. The van der Waals surface area contributed by atoms with Crippen LogP contribution >= 0.6 is 22.9 Å². The van der Waals surface area contributed by atoms with Gasteiger partial charge < -0.3 is 14.4 Å². The maximum atomic E-state index is 13.3. The van der Waals surface area contributed by atoms with Crippen LogP contribution in [0.2, 0.25) is 5.02 Å². The summed E-state index contributed by atoms with van der Waals surface area (Å²) in [4.78, 5) is 33.8. The third-order valence-electron chi connectivity index (χ3n) is 5.46. The minimum atomic E-state index is -0.292. The molecule has 1 unspecified atom stereocenters. The van der Waals surface area contributed by atoms with Crippen LogP contribution in [0.5, 0.6) is 5.75 Å². The Hall–Kier alpha value is -2.16. The molecule has 2 heterocycles. The lowest BCUT2D eigenvalue weighted by molar-refractivity contribution is -0.143. The number of carbonyl (C=O) groups excluding carboxylic acids is 2. The van der Waals surface area contributed by atoms with E-state index < -0.39 is 0 Å². The molecule has 1 aliphatic rings. The third-order valence-corrected chi connectivity index (χ3v) is 6.54. The van der Waals surface area contributed by atoms with Crippen molar-refractivity contribution in [1.29, 1.82) is 0 Å². The Morgan fingerprint density at radius 3 is 2.78 bits per heavy atom. The average molecular weight is 480 g/mol. The Kier molecular flexibility index (Phi) is 9.32. The Morgan fingerprint density at radius 2 is 2.06 bits per heavy atom. The van der Waals surface area contributed by atoms with E-state index in [1.165, 1.54) is 11.3 Å². The number of halogens is 1. The molecule has 7 nitrogen and oxygen atoms in total. The van der Waals surface area contributed by atoms with Crippen LogP contribution in [0.1, 0.15) is 48.6 Å². The van der Waals surface area contributed by atoms with Crippen LogP contribution in [-0.2, 0) is 16.1 Å². The highest BCUT2D eigenvalue weighted by molar-refractivity contribution is 7.09. The predicted octanol–water partition coefficient (Wildman–Crippen LogP) is 4.26. The van der Waals surface area contributed by atoms with Gasteiger partial charge in [-0.15, -0.1) is 11.3 Å². The van der Waals surface area contributed by atoms with E-state index in [0.29, 0.717) is 47.2 Å². The number of rotatable bonds is 11. The average Bonchev–Trinajstić information content (AvgIpc) is 3.45. The fraction of sp³-hybridized carbons (Fsp3) is 0.522. The van der Waals surface area contributed by atoms with Gasteiger partial charge in [-0.25, -0.2) is 4.98 Å². The van der Waals surface area contributed by atoms with Gasteiger partial charge in [-0.2, -0.15) is 0 Å². The summed E-state index contributed by atoms with van der Waals surface area (Å²) in [5.74, 6) is 0.236. The third kappa shape index (κ3) is 6.92. The molecule has 0 N–H and O–H groups in total. The molecule has 0 saturated carbocycles. The second-order valence-corrected chi connectivity index (χ2v) is 8.98.